The Hall–Kier alpha value is -2.83. The fourth-order valence-corrected chi connectivity index (χ4v) is 2.30. The maximum absolute atomic E-state index is 12.9. The highest BCUT2D eigenvalue weighted by molar-refractivity contribution is 7.13. The molecule has 0 spiro atoms. The Balaban J connectivity index is 3.71. The number of halogens is 3. The SMILES string of the molecule is N#CC(=Cc1sc(C#N)c(C#N)c1C(F)(F)F)C(=O)O. The van der Waals surface area contributed by atoms with Crippen LogP contribution in [-0.4, -0.2) is 11.1 Å². The van der Waals surface area contributed by atoms with Crippen LogP contribution in [0, 0.1) is 34.0 Å². The third kappa shape index (κ3) is 2.77. The van der Waals surface area contributed by atoms with E-state index in [1.165, 1.54) is 18.2 Å². The van der Waals surface area contributed by atoms with Gasteiger partial charge in [-0.1, -0.05) is 0 Å². The minimum atomic E-state index is -4.94. The highest BCUT2D eigenvalue weighted by atomic mass is 32.1. The van der Waals surface area contributed by atoms with Crippen molar-refractivity contribution in [2.24, 2.45) is 0 Å². The Morgan fingerprint density at radius 1 is 1.25 bits per heavy atom. The summed E-state index contributed by atoms with van der Waals surface area (Å²) in [6, 6.07) is 3.94. The molecule has 0 aliphatic rings. The van der Waals surface area contributed by atoms with Crippen LogP contribution in [0.3, 0.4) is 0 Å². The Bertz CT molecular complexity index is 726. The van der Waals surface area contributed by atoms with E-state index < -0.39 is 38.6 Å². The third-order valence-electron chi connectivity index (χ3n) is 2.06. The van der Waals surface area contributed by atoms with Crippen molar-refractivity contribution in [1.29, 1.82) is 15.8 Å². The normalized spacial score (nSPS) is 11.3. The van der Waals surface area contributed by atoms with Crippen molar-refractivity contribution in [1.82, 2.24) is 0 Å². The smallest absolute Gasteiger partial charge is 0.419 e. The molecule has 0 aromatic carbocycles. The predicted molar refractivity (Wildman–Crippen MR) is 60.0 cm³/mol. The van der Waals surface area contributed by atoms with Crippen LogP contribution in [0.2, 0.25) is 0 Å². The fraction of sp³-hybridized carbons (Fsp3) is 0.0909. The maximum Gasteiger partial charge on any atom is 0.419 e. The van der Waals surface area contributed by atoms with Crippen molar-refractivity contribution in [3.05, 3.63) is 26.5 Å². The highest BCUT2D eigenvalue weighted by Gasteiger charge is 2.39. The van der Waals surface area contributed by atoms with Gasteiger partial charge in [-0.2, -0.15) is 29.0 Å². The number of carboxylic acids is 1. The van der Waals surface area contributed by atoms with Gasteiger partial charge >= 0.3 is 12.1 Å². The number of rotatable bonds is 2. The molecule has 0 fully saturated rings. The maximum atomic E-state index is 12.9. The lowest BCUT2D eigenvalue weighted by atomic mass is 10.1. The summed E-state index contributed by atoms with van der Waals surface area (Å²) in [5, 5.41) is 34.6. The molecule has 1 aromatic heterocycles. The van der Waals surface area contributed by atoms with Gasteiger partial charge in [-0.05, 0) is 6.08 Å². The standard InChI is InChI=1S/C11H2F3N3O2S/c12-11(13,14)9-6(3-16)8(4-17)20-7(9)1-5(2-15)10(18)19/h1H,(H,18,19). The van der Waals surface area contributed by atoms with E-state index in [1.54, 1.807) is 0 Å². The lowest BCUT2D eigenvalue weighted by Crippen LogP contribution is -2.08. The number of carboxylic acid groups (broad SMARTS) is 1. The van der Waals surface area contributed by atoms with E-state index in [4.69, 9.17) is 20.9 Å². The third-order valence-corrected chi connectivity index (χ3v) is 3.10. The number of carbonyl (C=O) groups is 1. The number of alkyl halides is 3. The zero-order valence-electron chi connectivity index (χ0n) is 9.32. The number of thiophene rings is 1. The van der Waals surface area contributed by atoms with Crippen molar-refractivity contribution in [2.45, 2.75) is 6.18 Å². The Morgan fingerprint density at radius 3 is 2.20 bits per heavy atom. The van der Waals surface area contributed by atoms with Crippen LogP contribution in [-0.2, 0) is 11.0 Å². The van der Waals surface area contributed by atoms with Crippen LogP contribution >= 0.6 is 11.3 Å². The van der Waals surface area contributed by atoms with Crippen LogP contribution in [0.5, 0.6) is 0 Å². The minimum Gasteiger partial charge on any atom is -0.477 e. The van der Waals surface area contributed by atoms with Crippen LogP contribution < -0.4 is 0 Å². The molecular weight excluding hydrogens is 295 g/mol. The lowest BCUT2D eigenvalue weighted by molar-refractivity contribution is -0.137. The number of hydrogen-bond donors (Lipinski definition) is 1. The van der Waals surface area contributed by atoms with E-state index >= 15 is 0 Å². The van der Waals surface area contributed by atoms with E-state index in [9.17, 15) is 18.0 Å². The number of nitriles is 3. The first-order chi connectivity index (χ1) is 9.26. The molecule has 1 heterocycles. The van der Waals surface area contributed by atoms with Crippen molar-refractivity contribution in [2.75, 3.05) is 0 Å². The molecule has 0 bridgehead atoms. The second-order valence-electron chi connectivity index (χ2n) is 3.24. The summed E-state index contributed by atoms with van der Waals surface area (Å²) < 4.78 is 38.7. The van der Waals surface area contributed by atoms with Gasteiger partial charge in [0.2, 0.25) is 0 Å². The molecule has 0 aliphatic heterocycles. The molecule has 0 amide bonds. The van der Waals surface area contributed by atoms with Crippen molar-refractivity contribution in [3.8, 4) is 18.2 Å². The monoisotopic (exact) mass is 297 g/mol. The van der Waals surface area contributed by atoms with Crippen LogP contribution in [0.1, 0.15) is 20.9 Å². The second kappa shape index (κ2) is 5.43. The van der Waals surface area contributed by atoms with Crippen LogP contribution in [0.15, 0.2) is 5.57 Å². The number of aliphatic carboxylic acids is 1. The highest BCUT2D eigenvalue weighted by Crippen LogP contribution is 2.41. The van der Waals surface area contributed by atoms with Crippen molar-refractivity contribution in [3.63, 3.8) is 0 Å². The molecule has 100 valence electrons. The van der Waals surface area contributed by atoms with Crippen LogP contribution in [0.4, 0.5) is 13.2 Å². The summed E-state index contributed by atoms with van der Waals surface area (Å²) in [5.74, 6) is -1.70. The van der Waals surface area contributed by atoms with Gasteiger partial charge in [-0.3, -0.25) is 0 Å². The Kier molecular flexibility index (Phi) is 4.14. The summed E-state index contributed by atoms with van der Waals surface area (Å²) in [4.78, 5) is 9.47. The molecule has 0 unspecified atom stereocenters. The quantitative estimate of drug-likeness (QED) is 0.666. The second-order valence-corrected chi connectivity index (χ2v) is 4.29. The average molecular weight is 297 g/mol. The molecule has 0 saturated carbocycles. The Morgan fingerprint density at radius 2 is 1.85 bits per heavy atom. The average Bonchev–Trinajstić information content (AvgIpc) is 2.72. The summed E-state index contributed by atoms with van der Waals surface area (Å²) in [7, 11) is 0. The number of hydrogen-bond acceptors (Lipinski definition) is 5. The predicted octanol–water partition coefficient (Wildman–Crippen LogP) is 2.50. The molecule has 1 N–H and O–H groups in total. The summed E-state index contributed by atoms with van der Waals surface area (Å²) in [6.07, 6.45) is -4.45. The lowest BCUT2D eigenvalue weighted by Gasteiger charge is -2.06. The van der Waals surface area contributed by atoms with E-state index in [0.717, 1.165) is 0 Å². The number of nitrogens with zero attached hydrogens (tertiary/aromatic N) is 3. The molecule has 20 heavy (non-hydrogen) atoms. The van der Waals surface area contributed by atoms with Gasteiger partial charge in [0, 0.05) is 4.88 Å². The van der Waals surface area contributed by atoms with E-state index in [-0.39, 0.29) is 0 Å². The topological polar surface area (TPSA) is 109 Å². The zero-order chi connectivity index (χ0) is 15.5. The van der Waals surface area contributed by atoms with Gasteiger partial charge < -0.3 is 5.11 Å². The van der Waals surface area contributed by atoms with Crippen molar-refractivity contribution < 1.29 is 23.1 Å². The molecule has 0 radical (unpaired) electrons. The van der Waals surface area contributed by atoms with E-state index in [1.807, 2.05) is 0 Å². The first-order valence-electron chi connectivity index (χ1n) is 4.65. The molecule has 1 rings (SSSR count). The van der Waals surface area contributed by atoms with Gasteiger partial charge in [0.25, 0.3) is 0 Å². The van der Waals surface area contributed by atoms with E-state index in [0.29, 0.717) is 17.4 Å². The van der Waals surface area contributed by atoms with Gasteiger partial charge in [0.15, 0.2) is 0 Å². The zero-order valence-corrected chi connectivity index (χ0v) is 10.1. The first-order valence-corrected chi connectivity index (χ1v) is 5.47. The largest absolute Gasteiger partial charge is 0.477 e. The molecule has 0 saturated heterocycles. The minimum absolute atomic E-state index is 0.304. The van der Waals surface area contributed by atoms with Gasteiger partial charge in [-0.15, -0.1) is 11.3 Å². The van der Waals surface area contributed by atoms with Gasteiger partial charge in [-0.25, -0.2) is 4.79 Å². The van der Waals surface area contributed by atoms with Crippen LogP contribution in [0.25, 0.3) is 6.08 Å². The van der Waals surface area contributed by atoms with Crippen molar-refractivity contribution >= 4 is 23.4 Å². The van der Waals surface area contributed by atoms with Gasteiger partial charge in [0.05, 0.1) is 11.1 Å². The summed E-state index contributed by atoms with van der Waals surface area (Å²) >= 11 is 0.304. The fourth-order valence-electron chi connectivity index (χ4n) is 1.29. The summed E-state index contributed by atoms with van der Waals surface area (Å²) in [6.45, 7) is 0. The molecule has 0 aliphatic carbocycles. The summed E-state index contributed by atoms with van der Waals surface area (Å²) in [5.41, 5.74) is -3.21. The molecule has 1 aromatic rings. The molecule has 0 atom stereocenters. The Labute approximate surface area is 114 Å². The molecular formula is C11H2F3N3O2S. The van der Waals surface area contributed by atoms with Gasteiger partial charge in [0.1, 0.15) is 28.7 Å². The molecule has 5 nitrogen and oxygen atoms in total. The first kappa shape index (κ1) is 15.2. The van der Waals surface area contributed by atoms with E-state index in [2.05, 4.69) is 0 Å². The molecule has 9 heteroatoms.